The molecule has 0 saturated carbocycles. The lowest BCUT2D eigenvalue weighted by Gasteiger charge is -2.32. The molecule has 2 nitrogen and oxygen atoms in total. The highest BCUT2D eigenvalue weighted by molar-refractivity contribution is 5.89. The molecule has 0 fully saturated rings. The van der Waals surface area contributed by atoms with Gasteiger partial charge in [0.05, 0.1) is 11.8 Å². The number of rotatable bonds is 5. The molecule has 0 unspecified atom stereocenters. The monoisotopic (exact) mass is 336 g/mol. The van der Waals surface area contributed by atoms with Crippen LogP contribution in [-0.4, -0.2) is 5.97 Å². The zero-order valence-electron chi connectivity index (χ0n) is 15.7. The molecule has 1 aliphatic rings. The Kier molecular flexibility index (Phi) is 6.58. The van der Waals surface area contributed by atoms with Crippen LogP contribution in [0, 0.1) is 5.41 Å². The number of allylic oxidation sites excluding steroid dienone is 7. The van der Waals surface area contributed by atoms with Crippen LogP contribution in [0.4, 0.5) is 0 Å². The Labute approximate surface area is 151 Å². The van der Waals surface area contributed by atoms with Crippen LogP contribution in [0.5, 0.6) is 0 Å². The topological polar surface area (TPSA) is 26.3 Å². The third kappa shape index (κ3) is 5.60. The van der Waals surface area contributed by atoms with Gasteiger partial charge in [0.15, 0.2) is 0 Å². The van der Waals surface area contributed by atoms with Gasteiger partial charge >= 0.3 is 5.97 Å². The first kappa shape index (κ1) is 19.0. The predicted molar refractivity (Wildman–Crippen MR) is 104 cm³/mol. The van der Waals surface area contributed by atoms with Crippen LogP contribution in [0.15, 0.2) is 77.6 Å². The average molecular weight is 336 g/mol. The molecule has 0 aromatic heterocycles. The standard InChI is InChI=1S/C23H28O2/c1-18(14-15-21-19(2)11-8-16-23(21,3)4)10-9-17-25-22(24)20-12-6-5-7-13-20/h5-7,9-10,12-15,17H,8,11,16H2,1-4H3. The first-order valence-electron chi connectivity index (χ1n) is 8.88. The minimum Gasteiger partial charge on any atom is -0.431 e. The fourth-order valence-electron chi connectivity index (χ4n) is 3.22. The van der Waals surface area contributed by atoms with Gasteiger partial charge in [-0.1, -0.05) is 61.4 Å². The fraction of sp³-hybridized carbons (Fsp3) is 0.348. The van der Waals surface area contributed by atoms with E-state index < -0.39 is 0 Å². The molecule has 0 spiro atoms. The zero-order valence-corrected chi connectivity index (χ0v) is 15.7. The van der Waals surface area contributed by atoms with Gasteiger partial charge < -0.3 is 4.74 Å². The van der Waals surface area contributed by atoms with Crippen molar-refractivity contribution < 1.29 is 9.53 Å². The Bertz CT molecular complexity index is 716. The van der Waals surface area contributed by atoms with Crippen LogP contribution in [0.25, 0.3) is 0 Å². The molecule has 0 amide bonds. The molecule has 0 atom stereocenters. The number of esters is 1. The van der Waals surface area contributed by atoms with Crippen LogP contribution >= 0.6 is 0 Å². The number of hydrogen-bond acceptors (Lipinski definition) is 2. The van der Waals surface area contributed by atoms with Gasteiger partial charge in [0.1, 0.15) is 0 Å². The minimum absolute atomic E-state index is 0.250. The molecule has 25 heavy (non-hydrogen) atoms. The second-order valence-corrected chi connectivity index (χ2v) is 7.28. The summed E-state index contributed by atoms with van der Waals surface area (Å²) >= 11 is 0. The summed E-state index contributed by atoms with van der Waals surface area (Å²) in [4.78, 5) is 11.8. The van der Waals surface area contributed by atoms with Gasteiger partial charge in [-0.3, -0.25) is 0 Å². The third-order valence-electron chi connectivity index (χ3n) is 4.68. The van der Waals surface area contributed by atoms with Crippen molar-refractivity contribution in [2.24, 2.45) is 5.41 Å². The van der Waals surface area contributed by atoms with Gasteiger partial charge in [-0.05, 0) is 62.3 Å². The maximum Gasteiger partial charge on any atom is 0.342 e. The molecule has 0 bridgehead atoms. The summed E-state index contributed by atoms with van der Waals surface area (Å²) in [7, 11) is 0. The first-order chi connectivity index (χ1) is 11.9. The lowest BCUT2D eigenvalue weighted by atomic mass is 9.72. The van der Waals surface area contributed by atoms with E-state index in [1.807, 2.05) is 31.2 Å². The quantitative estimate of drug-likeness (QED) is 0.354. The van der Waals surface area contributed by atoms with Gasteiger partial charge in [0.2, 0.25) is 0 Å². The van der Waals surface area contributed by atoms with Gasteiger partial charge in [0, 0.05) is 0 Å². The van der Waals surface area contributed by atoms with E-state index in [9.17, 15) is 4.79 Å². The van der Waals surface area contributed by atoms with E-state index in [2.05, 4.69) is 32.9 Å². The van der Waals surface area contributed by atoms with Crippen LogP contribution in [0.3, 0.4) is 0 Å². The highest BCUT2D eigenvalue weighted by Crippen LogP contribution is 2.40. The third-order valence-corrected chi connectivity index (χ3v) is 4.68. The van der Waals surface area contributed by atoms with Gasteiger partial charge in [-0.2, -0.15) is 0 Å². The van der Waals surface area contributed by atoms with E-state index in [1.165, 1.54) is 36.7 Å². The molecule has 1 aromatic carbocycles. The molecule has 1 aromatic rings. The summed E-state index contributed by atoms with van der Waals surface area (Å²) in [6.07, 6.45) is 13.2. The first-order valence-corrected chi connectivity index (χ1v) is 8.88. The Morgan fingerprint density at radius 2 is 1.92 bits per heavy atom. The van der Waals surface area contributed by atoms with E-state index in [-0.39, 0.29) is 11.4 Å². The molecule has 2 heteroatoms. The number of carbonyl (C=O) groups excluding carboxylic acids is 1. The molecule has 1 aliphatic carbocycles. The summed E-state index contributed by atoms with van der Waals surface area (Å²) in [5.41, 5.74) is 4.86. The Hall–Kier alpha value is -2.35. The second-order valence-electron chi connectivity index (χ2n) is 7.28. The van der Waals surface area contributed by atoms with E-state index in [1.54, 1.807) is 18.2 Å². The summed E-state index contributed by atoms with van der Waals surface area (Å²) in [6, 6.07) is 8.98. The van der Waals surface area contributed by atoms with E-state index in [0.717, 1.165) is 5.57 Å². The maximum atomic E-state index is 11.8. The van der Waals surface area contributed by atoms with Crippen LogP contribution < -0.4 is 0 Å². The molecule has 132 valence electrons. The normalized spacial score (nSPS) is 18.2. The minimum atomic E-state index is -0.344. The van der Waals surface area contributed by atoms with E-state index in [4.69, 9.17) is 4.74 Å². The van der Waals surface area contributed by atoms with Crippen molar-refractivity contribution in [3.05, 3.63) is 83.2 Å². The van der Waals surface area contributed by atoms with Crippen LogP contribution in [0.2, 0.25) is 0 Å². The molecule has 0 aliphatic heterocycles. The number of hydrogen-bond donors (Lipinski definition) is 0. The van der Waals surface area contributed by atoms with Crippen molar-refractivity contribution in [1.29, 1.82) is 0 Å². The Morgan fingerprint density at radius 1 is 1.20 bits per heavy atom. The summed E-state index contributed by atoms with van der Waals surface area (Å²) < 4.78 is 5.13. The fourth-order valence-corrected chi connectivity index (χ4v) is 3.22. The van der Waals surface area contributed by atoms with Gasteiger partial charge in [-0.15, -0.1) is 0 Å². The molecule has 0 heterocycles. The van der Waals surface area contributed by atoms with Crippen molar-refractivity contribution in [3.8, 4) is 0 Å². The Morgan fingerprint density at radius 3 is 2.60 bits per heavy atom. The average Bonchev–Trinajstić information content (AvgIpc) is 2.58. The van der Waals surface area contributed by atoms with Gasteiger partial charge in [-0.25, -0.2) is 4.79 Å². The summed E-state index contributed by atoms with van der Waals surface area (Å²) in [5.74, 6) is -0.344. The number of benzene rings is 1. The lowest BCUT2D eigenvalue weighted by Crippen LogP contribution is -2.19. The zero-order chi connectivity index (χ0) is 18.3. The SMILES string of the molecule is CC(C=CC1=C(C)CCCC1(C)C)=CC=COC(=O)c1ccccc1. The molecular weight excluding hydrogens is 308 g/mol. The second kappa shape index (κ2) is 8.66. The van der Waals surface area contributed by atoms with Crippen LogP contribution in [-0.2, 0) is 4.74 Å². The summed E-state index contributed by atoms with van der Waals surface area (Å²) in [5, 5.41) is 0. The molecule has 0 N–H and O–H groups in total. The maximum absolute atomic E-state index is 11.8. The highest BCUT2D eigenvalue weighted by atomic mass is 16.5. The predicted octanol–water partition coefficient (Wildman–Crippen LogP) is 6.39. The van der Waals surface area contributed by atoms with Crippen molar-refractivity contribution in [3.63, 3.8) is 0 Å². The van der Waals surface area contributed by atoms with Crippen molar-refractivity contribution in [2.45, 2.75) is 47.0 Å². The Balaban J connectivity index is 1.94. The van der Waals surface area contributed by atoms with Crippen molar-refractivity contribution >= 4 is 5.97 Å². The van der Waals surface area contributed by atoms with Crippen molar-refractivity contribution in [1.82, 2.24) is 0 Å². The molecular formula is C23H28O2. The number of ether oxygens (including phenoxy) is 1. The van der Waals surface area contributed by atoms with E-state index >= 15 is 0 Å². The molecule has 2 rings (SSSR count). The highest BCUT2D eigenvalue weighted by Gasteiger charge is 2.26. The largest absolute Gasteiger partial charge is 0.431 e. The summed E-state index contributed by atoms with van der Waals surface area (Å²) in [6.45, 7) is 8.92. The van der Waals surface area contributed by atoms with E-state index in [0.29, 0.717) is 5.56 Å². The van der Waals surface area contributed by atoms with Crippen LogP contribution in [0.1, 0.15) is 57.3 Å². The number of carbonyl (C=O) groups is 1. The van der Waals surface area contributed by atoms with Crippen molar-refractivity contribution in [2.75, 3.05) is 0 Å². The van der Waals surface area contributed by atoms with Gasteiger partial charge in [0.25, 0.3) is 0 Å². The lowest BCUT2D eigenvalue weighted by molar-refractivity contribution is 0.0663. The molecule has 0 radical (unpaired) electrons. The molecule has 0 saturated heterocycles. The smallest absolute Gasteiger partial charge is 0.342 e.